The Labute approximate surface area is 91.6 Å². The highest BCUT2D eigenvalue weighted by Crippen LogP contribution is 2.15. The molecule has 1 aromatic rings. The number of anilines is 1. The van der Waals surface area contributed by atoms with Crippen LogP contribution in [0.25, 0.3) is 6.08 Å². The lowest BCUT2D eigenvalue weighted by Crippen LogP contribution is -2.23. The van der Waals surface area contributed by atoms with E-state index in [1.165, 1.54) is 13.1 Å². The van der Waals surface area contributed by atoms with E-state index in [0.717, 1.165) is 11.1 Å². The van der Waals surface area contributed by atoms with Crippen LogP contribution in [0, 0.1) is 10.1 Å². The molecule has 0 aliphatic rings. The highest BCUT2D eigenvalue weighted by Gasteiger charge is 2.07. The molecule has 0 saturated heterocycles. The minimum atomic E-state index is -1.09. The number of hydrogen-bond acceptors (Lipinski definition) is 3. The summed E-state index contributed by atoms with van der Waals surface area (Å²) in [5.41, 5.74) is 1.03. The number of carbonyl (C=O) groups is 1. The Hall–Kier alpha value is -2.37. The van der Waals surface area contributed by atoms with E-state index in [1.807, 2.05) is 0 Å². The first-order valence-corrected chi connectivity index (χ1v) is 4.39. The van der Waals surface area contributed by atoms with Crippen molar-refractivity contribution in [2.75, 3.05) is 11.9 Å². The number of carboxylic acid groups (broad SMARTS) is 1. The van der Waals surface area contributed by atoms with E-state index in [0.29, 0.717) is 11.3 Å². The largest absolute Gasteiger partial charge is 0.465 e. The van der Waals surface area contributed by atoms with Gasteiger partial charge < -0.3 is 5.11 Å². The summed E-state index contributed by atoms with van der Waals surface area (Å²) in [5, 5.41) is 18.9. The maximum Gasteiger partial charge on any atom is 0.411 e. The van der Waals surface area contributed by atoms with Crippen LogP contribution >= 0.6 is 0 Å². The maximum absolute atomic E-state index is 10.7. The molecule has 16 heavy (non-hydrogen) atoms. The second kappa shape index (κ2) is 4.92. The molecule has 0 spiro atoms. The van der Waals surface area contributed by atoms with Gasteiger partial charge in [-0.1, -0.05) is 12.1 Å². The van der Waals surface area contributed by atoms with E-state index in [1.54, 1.807) is 24.3 Å². The van der Waals surface area contributed by atoms with E-state index in [9.17, 15) is 14.9 Å². The molecule has 0 aliphatic carbocycles. The Bertz CT molecular complexity index is 442. The molecule has 1 rings (SSSR count). The van der Waals surface area contributed by atoms with Crippen molar-refractivity contribution in [1.82, 2.24) is 0 Å². The van der Waals surface area contributed by atoms with Gasteiger partial charge in [0.1, 0.15) is 0 Å². The average Bonchev–Trinajstić information content (AvgIpc) is 2.25. The summed E-state index contributed by atoms with van der Waals surface area (Å²) in [6.07, 6.45) is 1.02. The van der Waals surface area contributed by atoms with Crippen molar-refractivity contribution in [3.8, 4) is 0 Å². The molecule has 1 aromatic carbocycles. The molecule has 0 atom stereocenters. The lowest BCUT2D eigenvalue weighted by Gasteiger charge is -2.12. The van der Waals surface area contributed by atoms with Crippen LogP contribution in [-0.4, -0.2) is 23.2 Å². The number of nitrogens with zero attached hydrogens (tertiary/aromatic N) is 2. The molecular formula is C10H10N2O4. The molecule has 1 N–H and O–H groups in total. The van der Waals surface area contributed by atoms with Crippen LogP contribution in [0.2, 0.25) is 0 Å². The molecule has 1 amide bonds. The first-order chi connectivity index (χ1) is 7.50. The molecule has 6 heteroatoms. The van der Waals surface area contributed by atoms with Gasteiger partial charge in [-0.25, -0.2) is 4.79 Å². The second-order valence-corrected chi connectivity index (χ2v) is 3.04. The molecule has 0 aliphatic heterocycles. The van der Waals surface area contributed by atoms with Crippen molar-refractivity contribution in [3.05, 3.63) is 46.1 Å². The van der Waals surface area contributed by atoms with Gasteiger partial charge in [0, 0.05) is 18.8 Å². The SMILES string of the molecule is CN(C(=O)O)c1cccc(C=C[N+](=O)[O-])c1. The zero-order valence-corrected chi connectivity index (χ0v) is 8.53. The number of rotatable bonds is 3. The Morgan fingerprint density at radius 2 is 2.25 bits per heavy atom. The van der Waals surface area contributed by atoms with Crippen molar-refractivity contribution in [2.24, 2.45) is 0 Å². The number of amides is 1. The summed E-state index contributed by atoms with van der Waals surface area (Å²) in [5.74, 6) is 0. The van der Waals surface area contributed by atoms with E-state index in [4.69, 9.17) is 5.11 Å². The minimum absolute atomic E-state index is 0.456. The van der Waals surface area contributed by atoms with Gasteiger partial charge in [-0.15, -0.1) is 0 Å². The zero-order valence-electron chi connectivity index (χ0n) is 8.53. The summed E-state index contributed by atoms with van der Waals surface area (Å²) in [6.45, 7) is 0. The monoisotopic (exact) mass is 222 g/mol. The number of nitro groups is 1. The Balaban J connectivity index is 2.95. The summed E-state index contributed by atoms with van der Waals surface area (Å²) < 4.78 is 0. The van der Waals surface area contributed by atoms with Gasteiger partial charge in [-0.2, -0.15) is 0 Å². The summed E-state index contributed by atoms with van der Waals surface area (Å²) in [6, 6.07) is 6.44. The highest BCUT2D eigenvalue weighted by molar-refractivity contribution is 5.85. The summed E-state index contributed by atoms with van der Waals surface area (Å²) >= 11 is 0. The van der Waals surface area contributed by atoms with Crippen LogP contribution in [-0.2, 0) is 0 Å². The fourth-order valence-electron chi connectivity index (χ4n) is 1.09. The average molecular weight is 222 g/mol. The third kappa shape index (κ3) is 3.09. The fourth-order valence-corrected chi connectivity index (χ4v) is 1.09. The van der Waals surface area contributed by atoms with Crippen LogP contribution in [0.15, 0.2) is 30.5 Å². The van der Waals surface area contributed by atoms with E-state index < -0.39 is 11.0 Å². The highest BCUT2D eigenvalue weighted by atomic mass is 16.6. The molecule has 0 radical (unpaired) electrons. The molecule has 0 saturated carbocycles. The van der Waals surface area contributed by atoms with Crippen LogP contribution in [0.5, 0.6) is 0 Å². The summed E-state index contributed by atoms with van der Waals surface area (Å²) in [7, 11) is 1.40. The normalized spacial score (nSPS) is 10.3. The van der Waals surface area contributed by atoms with Gasteiger partial charge >= 0.3 is 6.09 Å². The van der Waals surface area contributed by atoms with Crippen molar-refractivity contribution >= 4 is 17.9 Å². The Kier molecular flexibility index (Phi) is 3.60. The van der Waals surface area contributed by atoms with Gasteiger partial charge in [0.25, 0.3) is 0 Å². The number of hydrogen-bond donors (Lipinski definition) is 1. The first kappa shape index (κ1) is 11.7. The van der Waals surface area contributed by atoms with Crippen LogP contribution < -0.4 is 4.90 Å². The van der Waals surface area contributed by atoms with Crippen molar-refractivity contribution < 1.29 is 14.8 Å². The third-order valence-electron chi connectivity index (χ3n) is 1.93. The Morgan fingerprint density at radius 1 is 1.56 bits per heavy atom. The molecule has 0 aromatic heterocycles. The van der Waals surface area contributed by atoms with Crippen molar-refractivity contribution in [3.63, 3.8) is 0 Å². The standard InChI is InChI=1S/C10H10N2O4/c1-11(10(13)14)9-4-2-3-8(7-9)5-6-12(15)16/h2-7H,1H3,(H,13,14). The lowest BCUT2D eigenvalue weighted by molar-refractivity contribution is -0.400. The zero-order chi connectivity index (χ0) is 12.1. The van der Waals surface area contributed by atoms with Gasteiger partial charge in [-0.3, -0.25) is 15.0 Å². The maximum atomic E-state index is 10.7. The van der Waals surface area contributed by atoms with E-state index in [2.05, 4.69) is 0 Å². The predicted molar refractivity (Wildman–Crippen MR) is 58.9 cm³/mol. The molecule has 0 fully saturated rings. The molecule has 6 nitrogen and oxygen atoms in total. The topological polar surface area (TPSA) is 83.7 Å². The predicted octanol–water partition coefficient (Wildman–Crippen LogP) is 2.05. The van der Waals surface area contributed by atoms with Gasteiger partial charge in [0.2, 0.25) is 6.20 Å². The van der Waals surface area contributed by atoms with Crippen LogP contribution in [0.1, 0.15) is 5.56 Å². The molecular weight excluding hydrogens is 212 g/mol. The Morgan fingerprint density at radius 3 is 2.81 bits per heavy atom. The van der Waals surface area contributed by atoms with Crippen molar-refractivity contribution in [2.45, 2.75) is 0 Å². The van der Waals surface area contributed by atoms with E-state index >= 15 is 0 Å². The van der Waals surface area contributed by atoms with Crippen LogP contribution in [0.3, 0.4) is 0 Å². The van der Waals surface area contributed by atoms with Gasteiger partial charge in [0.05, 0.1) is 4.92 Å². The lowest BCUT2D eigenvalue weighted by atomic mass is 10.2. The van der Waals surface area contributed by atoms with Gasteiger partial charge in [-0.05, 0) is 17.7 Å². The second-order valence-electron chi connectivity index (χ2n) is 3.04. The first-order valence-electron chi connectivity index (χ1n) is 4.39. The number of benzene rings is 1. The molecule has 84 valence electrons. The molecule has 0 heterocycles. The third-order valence-corrected chi connectivity index (χ3v) is 1.93. The van der Waals surface area contributed by atoms with Gasteiger partial charge in [0.15, 0.2) is 0 Å². The molecule has 0 bridgehead atoms. The fraction of sp³-hybridized carbons (Fsp3) is 0.100. The molecule has 0 unspecified atom stereocenters. The van der Waals surface area contributed by atoms with E-state index in [-0.39, 0.29) is 0 Å². The minimum Gasteiger partial charge on any atom is -0.465 e. The van der Waals surface area contributed by atoms with Crippen LogP contribution in [0.4, 0.5) is 10.5 Å². The summed E-state index contributed by atoms with van der Waals surface area (Å²) in [4.78, 5) is 21.2. The quantitative estimate of drug-likeness (QED) is 0.626. The smallest absolute Gasteiger partial charge is 0.411 e. The van der Waals surface area contributed by atoms with Crippen molar-refractivity contribution in [1.29, 1.82) is 0 Å².